The fraction of sp³-hybridized carbons (Fsp3) is 0.167. The topological polar surface area (TPSA) is 98.0 Å². The van der Waals surface area contributed by atoms with Crippen molar-refractivity contribution in [2.45, 2.75) is 11.3 Å². The number of nitrogens with one attached hydrogen (secondary N) is 1. The summed E-state index contributed by atoms with van der Waals surface area (Å²) in [5.74, 6) is 0.550. The molecule has 0 fully saturated rings. The zero-order valence-electron chi connectivity index (χ0n) is 10.5. The van der Waals surface area contributed by atoms with Gasteiger partial charge in [0.2, 0.25) is 16.0 Å². The third-order valence-electron chi connectivity index (χ3n) is 2.57. The number of hydrogen-bond acceptors (Lipinski definition) is 5. The second-order valence-electron chi connectivity index (χ2n) is 4.09. The summed E-state index contributed by atoms with van der Waals surface area (Å²) >= 11 is 3.26. The summed E-state index contributed by atoms with van der Waals surface area (Å²) in [4.78, 5) is 8.30. The monoisotopic (exact) mass is 356 g/mol. The summed E-state index contributed by atoms with van der Waals surface area (Å²) in [6, 6.07) is 6.48. The highest BCUT2D eigenvalue weighted by Gasteiger charge is 2.06. The first-order chi connectivity index (χ1) is 9.45. The normalized spacial score (nSPS) is 11.3. The molecular formula is C12H13BrN4O2S. The van der Waals surface area contributed by atoms with Crippen molar-refractivity contribution in [2.24, 2.45) is 5.14 Å². The van der Waals surface area contributed by atoms with Crippen LogP contribution in [0.2, 0.25) is 0 Å². The van der Waals surface area contributed by atoms with Gasteiger partial charge >= 0.3 is 0 Å². The third kappa shape index (κ3) is 4.26. The largest absolute Gasteiger partial charge is 0.354 e. The predicted molar refractivity (Wildman–Crippen MR) is 79.7 cm³/mol. The van der Waals surface area contributed by atoms with Crippen molar-refractivity contribution in [3.05, 3.63) is 46.7 Å². The lowest BCUT2D eigenvalue weighted by molar-refractivity contribution is 0.598. The smallest absolute Gasteiger partial charge is 0.238 e. The van der Waals surface area contributed by atoms with E-state index in [1.165, 1.54) is 12.1 Å². The maximum absolute atomic E-state index is 11.1. The van der Waals surface area contributed by atoms with Crippen LogP contribution in [0.1, 0.15) is 5.56 Å². The molecule has 20 heavy (non-hydrogen) atoms. The maximum atomic E-state index is 11.1. The average molecular weight is 357 g/mol. The van der Waals surface area contributed by atoms with E-state index in [0.717, 1.165) is 16.5 Å². The number of primary sulfonamides is 1. The molecule has 0 radical (unpaired) electrons. The molecule has 1 heterocycles. The SMILES string of the molecule is NS(=O)(=O)c1ccc(CCNc2ncc(Br)cn2)cc1. The Morgan fingerprint density at radius 2 is 1.75 bits per heavy atom. The molecule has 2 aromatic rings. The number of sulfonamides is 1. The van der Waals surface area contributed by atoms with Crippen molar-refractivity contribution >= 4 is 31.9 Å². The predicted octanol–water partition coefficient (Wildman–Crippen LogP) is 1.54. The van der Waals surface area contributed by atoms with E-state index < -0.39 is 10.0 Å². The lowest BCUT2D eigenvalue weighted by atomic mass is 10.1. The van der Waals surface area contributed by atoms with Gasteiger partial charge in [-0.15, -0.1) is 0 Å². The summed E-state index contributed by atoms with van der Waals surface area (Å²) in [6.45, 7) is 0.649. The molecule has 3 N–H and O–H groups in total. The molecule has 0 aliphatic carbocycles. The highest BCUT2D eigenvalue weighted by Crippen LogP contribution is 2.10. The van der Waals surface area contributed by atoms with Crippen LogP contribution in [0.15, 0.2) is 46.0 Å². The van der Waals surface area contributed by atoms with Gasteiger partial charge < -0.3 is 5.32 Å². The van der Waals surface area contributed by atoms with E-state index in [0.29, 0.717) is 12.5 Å². The molecule has 0 unspecified atom stereocenters. The van der Waals surface area contributed by atoms with Gasteiger partial charge in [0.05, 0.1) is 9.37 Å². The molecule has 106 valence electrons. The minimum Gasteiger partial charge on any atom is -0.354 e. The second-order valence-corrected chi connectivity index (χ2v) is 6.57. The summed E-state index contributed by atoms with van der Waals surface area (Å²) in [7, 11) is -3.63. The molecule has 0 aliphatic rings. The highest BCUT2D eigenvalue weighted by atomic mass is 79.9. The Morgan fingerprint density at radius 1 is 1.15 bits per heavy atom. The number of benzene rings is 1. The van der Waals surface area contributed by atoms with E-state index in [1.54, 1.807) is 24.5 Å². The average Bonchev–Trinajstić information content (AvgIpc) is 2.41. The van der Waals surface area contributed by atoms with Gasteiger partial charge in [-0.3, -0.25) is 0 Å². The summed E-state index contributed by atoms with van der Waals surface area (Å²) in [5, 5.41) is 8.11. The van der Waals surface area contributed by atoms with Crippen LogP contribution in [0.4, 0.5) is 5.95 Å². The van der Waals surface area contributed by atoms with Crippen LogP contribution in [0.3, 0.4) is 0 Å². The van der Waals surface area contributed by atoms with Gasteiger partial charge in [0, 0.05) is 18.9 Å². The van der Waals surface area contributed by atoms with E-state index in [-0.39, 0.29) is 4.90 Å². The summed E-state index contributed by atoms with van der Waals surface area (Å²) in [6.07, 6.45) is 4.05. The Balaban J connectivity index is 1.90. The van der Waals surface area contributed by atoms with Gasteiger partial charge in [0.1, 0.15) is 0 Å². The van der Waals surface area contributed by atoms with Crippen LogP contribution in [-0.4, -0.2) is 24.9 Å². The number of nitrogens with two attached hydrogens (primary N) is 1. The zero-order valence-corrected chi connectivity index (χ0v) is 12.9. The minimum atomic E-state index is -3.63. The van der Waals surface area contributed by atoms with E-state index in [9.17, 15) is 8.42 Å². The Hall–Kier alpha value is -1.51. The minimum absolute atomic E-state index is 0.116. The molecule has 0 spiro atoms. The van der Waals surface area contributed by atoms with Crippen molar-refractivity contribution in [3.63, 3.8) is 0 Å². The number of halogens is 1. The van der Waals surface area contributed by atoms with Crippen molar-refractivity contribution < 1.29 is 8.42 Å². The molecule has 0 amide bonds. The number of rotatable bonds is 5. The van der Waals surface area contributed by atoms with Gasteiger partial charge in [-0.1, -0.05) is 12.1 Å². The Morgan fingerprint density at radius 3 is 2.30 bits per heavy atom. The van der Waals surface area contributed by atoms with Gasteiger partial charge in [-0.2, -0.15) is 0 Å². The number of hydrogen-bond donors (Lipinski definition) is 2. The molecule has 8 heteroatoms. The Labute approximate surface area is 125 Å². The summed E-state index contributed by atoms with van der Waals surface area (Å²) in [5.41, 5.74) is 1.00. The van der Waals surface area contributed by atoms with Crippen LogP contribution >= 0.6 is 15.9 Å². The first-order valence-electron chi connectivity index (χ1n) is 5.78. The number of aromatic nitrogens is 2. The van der Waals surface area contributed by atoms with Gasteiger partial charge in [-0.05, 0) is 40.0 Å². The first kappa shape index (κ1) is 14.9. The van der Waals surface area contributed by atoms with Crippen molar-refractivity contribution in [1.82, 2.24) is 9.97 Å². The number of anilines is 1. The highest BCUT2D eigenvalue weighted by molar-refractivity contribution is 9.10. The van der Waals surface area contributed by atoms with Crippen molar-refractivity contribution in [1.29, 1.82) is 0 Å². The van der Waals surface area contributed by atoms with Crippen LogP contribution < -0.4 is 10.5 Å². The van der Waals surface area contributed by atoms with Gasteiger partial charge in [0.25, 0.3) is 0 Å². The first-order valence-corrected chi connectivity index (χ1v) is 8.12. The fourth-order valence-corrected chi connectivity index (χ4v) is 2.29. The molecule has 1 aromatic carbocycles. The zero-order chi connectivity index (χ0) is 14.6. The molecule has 0 saturated heterocycles. The van der Waals surface area contributed by atoms with E-state index >= 15 is 0 Å². The molecule has 2 rings (SSSR count). The van der Waals surface area contributed by atoms with Crippen LogP contribution in [0.5, 0.6) is 0 Å². The van der Waals surface area contributed by atoms with E-state index in [4.69, 9.17) is 5.14 Å². The molecule has 6 nitrogen and oxygen atoms in total. The molecule has 0 saturated carbocycles. The van der Waals surface area contributed by atoms with Crippen molar-refractivity contribution in [3.8, 4) is 0 Å². The molecule has 0 aliphatic heterocycles. The second kappa shape index (κ2) is 6.29. The molecule has 0 bridgehead atoms. The third-order valence-corrected chi connectivity index (χ3v) is 3.91. The van der Waals surface area contributed by atoms with Crippen molar-refractivity contribution in [2.75, 3.05) is 11.9 Å². The van der Waals surface area contributed by atoms with Gasteiger partial charge in [0.15, 0.2) is 0 Å². The van der Waals surface area contributed by atoms with Gasteiger partial charge in [-0.25, -0.2) is 23.5 Å². The standard InChI is InChI=1S/C12H13BrN4O2S/c13-10-7-16-12(17-8-10)15-6-5-9-1-3-11(4-2-9)20(14,18)19/h1-4,7-8H,5-6H2,(H2,14,18,19)(H,15,16,17). The van der Waals surface area contributed by atoms with Crippen LogP contribution in [0.25, 0.3) is 0 Å². The number of nitrogens with zero attached hydrogens (tertiary/aromatic N) is 2. The molecule has 0 atom stereocenters. The lowest BCUT2D eigenvalue weighted by Crippen LogP contribution is -2.12. The molecule has 1 aromatic heterocycles. The quantitative estimate of drug-likeness (QED) is 0.846. The van der Waals surface area contributed by atoms with Crippen LogP contribution in [-0.2, 0) is 16.4 Å². The molecular weight excluding hydrogens is 344 g/mol. The maximum Gasteiger partial charge on any atom is 0.238 e. The van der Waals surface area contributed by atoms with E-state index in [1.807, 2.05) is 0 Å². The summed E-state index contributed by atoms with van der Waals surface area (Å²) < 4.78 is 23.1. The lowest BCUT2D eigenvalue weighted by Gasteiger charge is -2.05. The van der Waals surface area contributed by atoms with Crippen LogP contribution in [0, 0.1) is 0 Å². The Bertz CT molecular complexity index is 672. The Kier molecular flexibility index (Phi) is 4.69. The van der Waals surface area contributed by atoms with E-state index in [2.05, 4.69) is 31.2 Å². The fourth-order valence-electron chi connectivity index (χ4n) is 1.57.